The zero-order chi connectivity index (χ0) is 19.1. The van der Waals surface area contributed by atoms with Crippen LogP contribution >= 0.6 is 0 Å². The molecule has 0 atom stereocenters. The molecule has 0 aromatic heterocycles. The molecule has 26 heavy (non-hydrogen) atoms. The molecular formula is C18H22N2O4S2. The van der Waals surface area contributed by atoms with Gasteiger partial charge in [-0.15, -0.1) is 0 Å². The molecule has 140 valence electrons. The first kappa shape index (κ1) is 18.9. The van der Waals surface area contributed by atoms with Crippen LogP contribution in [0.1, 0.15) is 24.0 Å². The minimum Gasteiger partial charge on any atom is -0.269 e. The predicted octanol–water partition coefficient (Wildman–Crippen LogP) is 2.57. The SMILES string of the molecule is Cc1cccc(N(C)S(=O)(=O)c2ccc(S(=O)(=O)NC3CC3)cc2)c1C. The van der Waals surface area contributed by atoms with E-state index in [4.69, 9.17) is 0 Å². The van der Waals surface area contributed by atoms with Crippen molar-refractivity contribution < 1.29 is 16.8 Å². The van der Waals surface area contributed by atoms with Gasteiger partial charge in [0.1, 0.15) is 0 Å². The Morgan fingerprint density at radius 1 is 0.923 bits per heavy atom. The number of hydrogen-bond acceptors (Lipinski definition) is 4. The summed E-state index contributed by atoms with van der Waals surface area (Å²) < 4.78 is 54.0. The van der Waals surface area contributed by atoms with Gasteiger partial charge in [0, 0.05) is 13.1 Å². The van der Waals surface area contributed by atoms with Crippen LogP contribution in [0.2, 0.25) is 0 Å². The van der Waals surface area contributed by atoms with Gasteiger partial charge in [0.05, 0.1) is 15.5 Å². The minimum atomic E-state index is -3.79. The van der Waals surface area contributed by atoms with E-state index in [9.17, 15) is 16.8 Å². The topological polar surface area (TPSA) is 83.6 Å². The van der Waals surface area contributed by atoms with Crippen LogP contribution in [0.25, 0.3) is 0 Å². The van der Waals surface area contributed by atoms with Crippen LogP contribution < -0.4 is 9.03 Å². The summed E-state index contributed by atoms with van der Waals surface area (Å²) in [7, 11) is -5.89. The van der Waals surface area contributed by atoms with Crippen LogP contribution in [0, 0.1) is 13.8 Å². The summed E-state index contributed by atoms with van der Waals surface area (Å²) in [5.74, 6) is 0. The van der Waals surface area contributed by atoms with Crippen molar-refractivity contribution >= 4 is 25.7 Å². The van der Waals surface area contributed by atoms with E-state index in [1.165, 1.54) is 35.6 Å². The van der Waals surface area contributed by atoms with Gasteiger partial charge in [-0.1, -0.05) is 12.1 Å². The van der Waals surface area contributed by atoms with Crippen molar-refractivity contribution in [3.8, 4) is 0 Å². The molecule has 1 N–H and O–H groups in total. The zero-order valence-corrected chi connectivity index (χ0v) is 16.6. The molecule has 1 aliphatic carbocycles. The van der Waals surface area contributed by atoms with Crippen molar-refractivity contribution in [1.29, 1.82) is 0 Å². The average Bonchev–Trinajstić information content (AvgIpc) is 3.40. The lowest BCUT2D eigenvalue weighted by molar-refractivity contribution is 0.580. The Bertz CT molecular complexity index is 1030. The highest BCUT2D eigenvalue weighted by atomic mass is 32.2. The van der Waals surface area contributed by atoms with E-state index in [1.807, 2.05) is 26.0 Å². The second-order valence-corrected chi connectivity index (χ2v) is 10.2. The highest BCUT2D eigenvalue weighted by Gasteiger charge is 2.29. The van der Waals surface area contributed by atoms with Crippen molar-refractivity contribution in [2.75, 3.05) is 11.4 Å². The molecular weight excluding hydrogens is 372 g/mol. The lowest BCUT2D eigenvalue weighted by Gasteiger charge is -2.22. The Morgan fingerprint density at radius 2 is 1.50 bits per heavy atom. The van der Waals surface area contributed by atoms with Crippen LogP contribution in [-0.2, 0) is 20.0 Å². The quantitative estimate of drug-likeness (QED) is 0.816. The Labute approximate surface area is 155 Å². The summed E-state index contributed by atoms with van der Waals surface area (Å²) >= 11 is 0. The fourth-order valence-corrected chi connectivity index (χ4v) is 5.20. The van der Waals surface area contributed by atoms with Crippen molar-refractivity contribution in [3.05, 3.63) is 53.6 Å². The summed E-state index contributed by atoms with van der Waals surface area (Å²) in [6.07, 6.45) is 1.68. The second kappa shape index (κ2) is 6.68. The molecule has 0 bridgehead atoms. The molecule has 2 aromatic carbocycles. The molecule has 0 heterocycles. The van der Waals surface area contributed by atoms with E-state index >= 15 is 0 Å². The van der Waals surface area contributed by atoms with Crippen LogP contribution in [0.5, 0.6) is 0 Å². The van der Waals surface area contributed by atoms with Gasteiger partial charge in [0.2, 0.25) is 10.0 Å². The summed E-state index contributed by atoms with van der Waals surface area (Å²) in [4.78, 5) is 0.115. The van der Waals surface area contributed by atoms with Crippen LogP contribution in [0.15, 0.2) is 52.3 Å². The van der Waals surface area contributed by atoms with Crippen molar-refractivity contribution in [2.45, 2.75) is 42.5 Å². The Kier molecular flexibility index (Phi) is 4.85. The van der Waals surface area contributed by atoms with Crippen molar-refractivity contribution in [1.82, 2.24) is 4.72 Å². The van der Waals surface area contributed by atoms with Gasteiger partial charge < -0.3 is 0 Å². The number of benzene rings is 2. The third-order valence-electron chi connectivity index (χ3n) is 4.61. The number of hydrogen-bond donors (Lipinski definition) is 1. The van der Waals surface area contributed by atoms with Crippen molar-refractivity contribution in [2.24, 2.45) is 0 Å². The molecule has 8 heteroatoms. The maximum absolute atomic E-state index is 12.9. The monoisotopic (exact) mass is 394 g/mol. The average molecular weight is 395 g/mol. The molecule has 1 fully saturated rings. The molecule has 1 aliphatic rings. The highest BCUT2D eigenvalue weighted by Crippen LogP contribution is 2.28. The van der Waals surface area contributed by atoms with Gasteiger partial charge in [0.15, 0.2) is 0 Å². The predicted molar refractivity (Wildman–Crippen MR) is 101 cm³/mol. The number of nitrogens with one attached hydrogen (secondary N) is 1. The fourth-order valence-electron chi connectivity index (χ4n) is 2.64. The second-order valence-electron chi connectivity index (χ2n) is 6.56. The van der Waals surface area contributed by atoms with Gasteiger partial charge in [0.25, 0.3) is 10.0 Å². The van der Waals surface area contributed by atoms with E-state index in [2.05, 4.69) is 4.72 Å². The first-order valence-corrected chi connectivity index (χ1v) is 11.2. The van der Waals surface area contributed by atoms with Crippen LogP contribution in [-0.4, -0.2) is 29.9 Å². The van der Waals surface area contributed by atoms with Crippen molar-refractivity contribution in [3.63, 3.8) is 0 Å². The van der Waals surface area contributed by atoms with Gasteiger partial charge >= 0.3 is 0 Å². The first-order chi connectivity index (χ1) is 12.1. The van der Waals surface area contributed by atoms with E-state index in [0.29, 0.717) is 5.69 Å². The summed E-state index contributed by atoms with van der Waals surface area (Å²) in [6.45, 7) is 3.79. The molecule has 0 amide bonds. The standard InChI is InChI=1S/C18H22N2O4S2/c1-13-5-4-6-18(14(13)2)20(3)26(23,24)17-11-9-16(10-12-17)25(21,22)19-15-7-8-15/h4-6,9-12,15,19H,7-8H2,1-3H3. The molecule has 0 radical (unpaired) electrons. The normalized spacial score (nSPS) is 15.0. The summed E-state index contributed by atoms with van der Waals surface area (Å²) in [6, 6.07) is 10.8. The molecule has 2 aromatic rings. The van der Waals surface area contributed by atoms with Gasteiger partial charge in [-0.2, -0.15) is 0 Å². The van der Waals surface area contributed by atoms with E-state index in [1.54, 1.807) is 6.07 Å². The molecule has 3 rings (SSSR count). The maximum Gasteiger partial charge on any atom is 0.264 e. The molecule has 0 spiro atoms. The Hall–Kier alpha value is -1.90. The molecule has 1 saturated carbocycles. The van der Waals surface area contributed by atoms with Crippen LogP contribution in [0.4, 0.5) is 5.69 Å². The third-order valence-corrected chi connectivity index (χ3v) is 7.93. The summed E-state index contributed by atoms with van der Waals surface area (Å²) in [5, 5.41) is 0. The van der Waals surface area contributed by atoms with E-state index in [-0.39, 0.29) is 15.8 Å². The molecule has 6 nitrogen and oxygen atoms in total. The number of sulfonamides is 2. The van der Waals surface area contributed by atoms with Crippen LogP contribution in [0.3, 0.4) is 0 Å². The highest BCUT2D eigenvalue weighted by molar-refractivity contribution is 7.92. The maximum atomic E-state index is 12.9. The number of rotatable bonds is 6. The largest absolute Gasteiger partial charge is 0.269 e. The molecule has 0 aliphatic heterocycles. The smallest absolute Gasteiger partial charge is 0.264 e. The van der Waals surface area contributed by atoms with E-state index in [0.717, 1.165) is 24.0 Å². The van der Waals surface area contributed by atoms with Gasteiger partial charge in [-0.05, 0) is 68.1 Å². The third kappa shape index (κ3) is 3.62. The zero-order valence-electron chi connectivity index (χ0n) is 14.9. The number of aryl methyl sites for hydroxylation is 1. The molecule has 0 unspecified atom stereocenters. The molecule has 0 saturated heterocycles. The van der Waals surface area contributed by atoms with Gasteiger partial charge in [-0.25, -0.2) is 21.6 Å². The minimum absolute atomic E-state index is 0.00108. The Balaban J connectivity index is 1.91. The summed E-state index contributed by atoms with van der Waals surface area (Å²) in [5.41, 5.74) is 2.47. The van der Waals surface area contributed by atoms with Gasteiger partial charge in [-0.3, -0.25) is 4.31 Å². The lowest BCUT2D eigenvalue weighted by Crippen LogP contribution is -2.28. The fraction of sp³-hybridized carbons (Fsp3) is 0.333. The Morgan fingerprint density at radius 3 is 2.08 bits per heavy atom. The van der Waals surface area contributed by atoms with E-state index < -0.39 is 20.0 Å². The lowest BCUT2D eigenvalue weighted by atomic mass is 10.1. The number of anilines is 1. The first-order valence-electron chi connectivity index (χ1n) is 8.30. The number of nitrogens with zero attached hydrogens (tertiary/aromatic N) is 1.